The molecule has 23 heavy (non-hydrogen) atoms. The van der Waals surface area contributed by atoms with Gasteiger partial charge in [0.2, 0.25) is 0 Å². The SMILES string of the molecule is CN(C)C(=O)c1ccccc1NC(=O)COc1ccc(Cl)cc1. The monoisotopic (exact) mass is 332 g/mol. The zero-order chi connectivity index (χ0) is 16.8. The lowest BCUT2D eigenvalue weighted by molar-refractivity contribution is -0.118. The lowest BCUT2D eigenvalue weighted by Gasteiger charge is -2.14. The van der Waals surface area contributed by atoms with Crippen LogP contribution < -0.4 is 10.1 Å². The number of para-hydroxylation sites is 1. The molecular weight excluding hydrogens is 316 g/mol. The maximum absolute atomic E-state index is 12.1. The molecule has 0 saturated heterocycles. The fourth-order valence-electron chi connectivity index (χ4n) is 1.89. The molecule has 0 fully saturated rings. The topological polar surface area (TPSA) is 58.6 Å². The van der Waals surface area contributed by atoms with Crippen molar-refractivity contribution in [2.45, 2.75) is 0 Å². The Morgan fingerprint density at radius 1 is 1.09 bits per heavy atom. The van der Waals surface area contributed by atoms with E-state index < -0.39 is 0 Å². The highest BCUT2D eigenvalue weighted by Crippen LogP contribution is 2.17. The average molecular weight is 333 g/mol. The number of hydrogen-bond acceptors (Lipinski definition) is 3. The molecule has 0 aliphatic rings. The maximum Gasteiger partial charge on any atom is 0.262 e. The summed E-state index contributed by atoms with van der Waals surface area (Å²) in [6.45, 7) is -0.161. The van der Waals surface area contributed by atoms with Crippen LogP contribution in [-0.2, 0) is 4.79 Å². The van der Waals surface area contributed by atoms with E-state index in [0.717, 1.165) is 0 Å². The highest BCUT2D eigenvalue weighted by Gasteiger charge is 2.14. The molecule has 1 N–H and O–H groups in total. The van der Waals surface area contributed by atoms with E-state index in [2.05, 4.69) is 5.32 Å². The number of nitrogens with one attached hydrogen (secondary N) is 1. The van der Waals surface area contributed by atoms with E-state index in [1.807, 2.05) is 0 Å². The van der Waals surface area contributed by atoms with E-state index in [-0.39, 0.29) is 18.4 Å². The molecule has 5 nitrogen and oxygen atoms in total. The third-order valence-electron chi connectivity index (χ3n) is 3.02. The summed E-state index contributed by atoms with van der Waals surface area (Å²) in [4.78, 5) is 25.6. The highest BCUT2D eigenvalue weighted by atomic mass is 35.5. The molecule has 0 spiro atoms. The van der Waals surface area contributed by atoms with Gasteiger partial charge < -0.3 is 15.0 Å². The quantitative estimate of drug-likeness (QED) is 0.915. The van der Waals surface area contributed by atoms with E-state index in [0.29, 0.717) is 22.0 Å². The Bertz CT molecular complexity index is 699. The summed E-state index contributed by atoms with van der Waals surface area (Å²) in [5.41, 5.74) is 0.883. The standard InChI is InChI=1S/C17H17ClN2O3/c1-20(2)17(22)14-5-3-4-6-15(14)19-16(21)11-23-13-9-7-12(18)8-10-13/h3-10H,11H2,1-2H3,(H,19,21). The van der Waals surface area contributed by atoms with Gasteiger partial charge in [0, 0.05) is 19.1 Å². The zero-order valence-corrected chi connectivity index (χ0v) is 13.6. The van der Waals surface area contributed by atoms with Gasteiger partial charge in [-0.25, -0.2) is 0 Å². The van der Waals surface area contributed by atoms with Crippen LogP contribution in [0.5, 0.6) is 5.75 Å². The number of ether oxygens (including phenoxy) is 1. The molecule has 0 aliphatic heterocycles. The normalized spacial score (nSPS) is 10.0. The van der Waals surface area contributed by atoms with Crippen molar-refractivity contribution in [3.05, 3.63) is 59.1 Å². The van der Waals surface area contributed by atoms with Gasteiger partial charge in [-0.15, -0.1) is 0 Å². The van der Waals surface area contributed by atoms with Gasteiger partial charge in [0.15, 0.2) is 6.61 Å². The summed E-state index contributed by atoms with van der Waals surface area (Å²) in [6.07, 6.45) is 0. The van der Waals surface area contributed by atoms with Crippen molar-refractivity contribution in [1.29, 1.82) is 0 Å². The minimum absolute atomic E-state index is 0.161. The number of anilines is 1. The number of rotatable bonds is 5. The Morgan fingerprint density at radius 3 is 2.39 bits per heavy atom. The molecule has 0 aliphatic carbocycles. The predicted octanol–water partition coefficient (Wildman–Crippen LogP) is 3.06. The second kappa shape index (κ2) is 7.65. The number of halogens is 1. The van der Waals surface area contributed by atoms with Crippen LogP contribution >= 0.6 is 11.6 Å². The van der Waals surface area contributed by atoms with Crippen molar-refractivity contribution in [2.24, 2.45) is 0 Å². The van der Waals surface area contributed by atoms with Crippen molar-refractivity contribution in [3.8, 4) is 5.75 Å². The van der Waals surface area contributed by atoms with Crippen LogP contribution in [0, 0.1) is 0 Å². The summed E-state index contributed by atoms with van der Waals surface area (Å²) in [5.74, 6) is 0.0145. The molecule has 6 heteroatoms. The van der Waals surface area contributed by atoms with Crippen molar-refractivity contribution in [3.63, 3.8) is 0 Å². The fourth-order valence-corrected chi connectivity index (χ4v) is 2.01. The largest absolute Gasteiger partial charge is 0.484 e. The predicted molar refractivity (Wildman–Crippen MR) is 90.0 cm³/mol. The van der Waals surface area contributed by atoms with E-state index >= 15 is 0 Å². The van der Waals surface area contributed by atoms with Gasteiger partial charge in [0.05, 0.1) is 11.3 Å². The first-order valence-electron chi connectivity index (χ1n) is 6.96. The third-order valence-corrected chi connectivity index (χ3v) is 3.27. The molecule has 0 radical (unpaired) electrons. The summed E-state index contributed by atoms with van der Waals surface area (Å²) < 4.78 is 5.38. The van der Waals surface area contributed by atoms with Crippen molar-refractivity contribution >= 4 is 29.1 Å². The molecule has 2 amide bonds. The minimum Gasteiger partial charge on any atom is -0.484 e. The molecule has 2 aromatic carbocycles. The second-order valence-corrected chi connectivity index (χ2v) is 5.47. The lowest BCUT2D eigenvalue weighted by Crippen LogP contribution is -2.25. The van der Waals surface area contributed by atoms with E-state index in [1.165, 1.54) is 4.90 Å². The summed E-state index contributed by atoms with van der Waals surface area (Å²) in [5, 5.41) is 3.29. The van der Waals surface area contributed by atoms with Crippen LogP contribution in [0.1, 0.15) is 10.4 Å². The number of amides is 2. The Kier molecular flexibility index (Phi) is 5.60. The summed E-state index contributed by atoms with van der Waals surface area (Å²) in [7, 11) is 3.31. The van der Waals surface area contributed by atoms with Crippen LogP contribution in [0.2, 0.25) is 5.02 Å². The third kappa shape index (κ3) is 4.72. The van der Waals surface area contributed by atoms with Crippen LogP contribution in [0.25, 0.3) is 0 Å². The molecule has 2 rings (SSSR count). The summed E-state index contributed by atoms with van der Waals surface area (Å²) >= 11 is 5.78. The molecule has 0 unspecified atom stereocenters. The first-order valence-corrected chi connectivity index (χ1v) is 7.34. The smallest absolute Gasteiger partial charge is 0.262 e. The molecule has 0 aromatic heterocycles. The first-order chi connectivity index (χ1) is 11.0. The zero-order valence-electron chi connectivity index (χ0n) is 12.9. The van der Waals surface area contributed by atoms with Crippen LogP contribution in [0.15, 0.2) is 48.5 Å². The summed E-state index contributed by atoms with van der Waals surface area (Å²) in [6, 6.07) is 13.6. The first kappa shape index (κ1) is 16.8. The average Bonchev–Trinajstić information content (AvgIpc) is 2.54. The van der Waals surface area contributed by atoms with Gasteiger partial charge in [-0.3, -0.25) is 9.59 Å². The number of carbonyl (C=O) groups excluding carboxylic acids is 2. The molecule has 0 saturated carbocycles. The van der Waals surface area contributed by atoms with Gasteiger partial charge in [-0.1, -0.05) is 23.7 Å². The Balaban J connectivity index is 2.00. The number of carbonyl (C=O) groups is 2. The number of hydrogen-bond donors (Lipinski definition) is 1. The Hall–Kier alpha value is -2.53. The van der Waals surface area contributed by atoms with Crippen LogP contribution in [-0.4, -0.2) is 37.4 Å². The minimum atomic E-state index is -0.348. The van der Waals surface area contributed by atoms with Gasteiger partial charge in [0.25, 0.3) is 11.8 Å². The Labute approximate surface area is 139 Å². The van der Waals surface area contributed by atoms with Crippen molar-refractivity contribution < 1.29 is 14.3 Å². The highest BCUT2D eigenvalue weighted by molar-refractivity contribution is 6.30. The molecule has 120 valence electrons. The number of nitrogens with zero attached hydrogens (tertiary/aromatic N) is 1. The van der Waals surface area contributed by atoms with Gasteiger partial charge in [-0.05, 0) is 36.4 Å². The molecular formula is C17H17ClN2O3. The van der Waals surface area contributed by atoms with Crippen molar-refractivity contribution in [2.75, 3.05) is 26.0 Å². The lowest BCUT2D eigenvalue weighted by atomic mass is 10.1. The van der Waals surface area contributed by atoms with Gasteiger partial charge in [0.1, 0.15) is 5.75 Å². The van der Waals surface area contributed by atoms with Gasteiger partial charge in [-0.2, -0.15) is 0 Å². The molecule has 0 bridgehead atoms. The van der Waals surface area contributed by atoms with Crippen LogP contribution in [0.3, 0.4) is 0 Å². The van der Waals surface area contributed by atoms with E-state index in [4.69, 9.17) is 16.3 Å². The van der Waals surface area contributed by atoms with Crippen molar-refractivity contribution in [1.82, 2.24) is 4.90 Å². The number of benzene rings is 2. The molecule has 0 atom stereocenters. The van der Waals surface area contributed by atoms with Gasteiger partial charge >= 0.3 is 0 Å². The second-order valence-electron chi connectivity index (χ2n) is 5.04. The fraction of sp³-hybridized carbons (Fsp3) is 0.176. The van der Waals surface area contributed by atoms with E-state index in [9.17, 15) is 9.59 Å². The Morgan fingerprint density at radius 2 is 1.74 bits per heavy atom. The maximum atomic E-state index is 12.1. The van der Waals surface area contributed by atoms with E-state index in [1.54, 1.807) is 62.6 Å². The van der Waals surface area contributed by atoms with Crippen LogP contribution in [0.4, 0.5) is 5.69 Å². The molecule has 0 heterocycles. The molecule has 2 aromatic rings.